The molecule has 2 nitrogen and oxygen atoms in total. The first-order valence-electron chi connectivity index (χ1n) is 18.6. The summed E-state index contributed by atoms with van der Waals surface area (Å²) < 4.78 is 2.60. The molecule has 0 fully saturated rings. The van der Waals surface area contributed by atoms with Gasteiger partial charge < -0.3 is 9.30 Å². The summed E-state index contributed by atoms with van der Waals surface area (Å²) in [6.45, 7) is 4.41. The highest BCUT2D eigenvalue weighted by Gasteiger charge is 2.53. The molecule has 0 saturated carbocycles. The molecule has 0 unspecified atom stereocenters. The summed E-state index contributed by atoms with van der Waals surface area (Å²) in [5.74, 6) is 0. The predicted octanol–water partition coefficient (Wildman–Crippen LogP) is 13.3. The summed E-state index contributed by atoms with van der Waals surface area (Å²) in [5.41, 5.74) is 20.0. The number of nitrogens with zero attached hydrogens (tertiary/aromatic N) is 2. The molecule has 0 bridgehead atoms. The van der Waals surface area contributed by atoms with Gasteiger partial charge in [0.25, 0.3) is 0 Å². The summed E-state index contributed by atoms with van der Waals surface area (Å²) >= 11 is 0. The van der Waals surface area contributed by atoms with Gasteiger partial charge in [-0.3, -0.25) is 0 Å². The second-order valence-corrected chi connectivity index (χ2v) is 14.9. The van der Waals surface area contributed by atoms with Crippen LogP contribution < -0.4 is 4.90 Å². The zero-order chi connectivity index (χ0) is 35.0. The number of aryl methyl sites for hydroxylation is 2. The van der Waals surface area contributed by atoms with Crippen LogP contribution in [-0.4, -0.2) is 4.40 Å². The van der Waals surface area contributed by atoms with Gasteiger partial charge in [-0.15, -0.1) is 0 Å². The normalized spacial score (nSPS) is 13.6. The second kappa shape index (κ2) is 10.2. The number of hydrogen-bond donors (Lipinski definition) is 0. The lowest BCUT2D eigenvalue weighted by Gasteiger charge is -2.33. The minimum absolute atomic E-state index is 0.482. The Balaban J connectivity index is 1.37. The number of anilines is 3. The maximum absolute atomic E-state index is 2.60. The molecule has 2 aromatic heterocycles. The van der Waals surface area contributed by atoms with E-state index in [-0.39, 0.29) is 0 Å². The van der Waals surface area contributed by atoms with Gasteiger partial charge in [-0.05, 0) is 88.7 Å². The molecule has 0 saturated heterocycles. The Bertz CT molecular complexity index is 3100. The largest absolute Gasteiger partial charge is 0.310 e. The maximum Gasteiger partial charge on any atom is 0.0727 e. The van der Waals surface area contributed by atoms with Crippen LogP contribution in [0.5, 0.6) is 0 Å². The maximum atomic E-state index is 2.60. The molecule has 248 valence electrons. The molecule has 2 aliphatic rings. The molecule has 0 radical (unpaired) electrons. The molecule has 1 spiro atoms. The molecular formula is C51H34N2. The number of aromatic nitrogens is 1. The van der Waals surface area contributed by atoms with Crippen molar-refractivity contribution in [3.63, 3.8) is 0 Å². The lowest BCUT2D eigenvalue weighted by Crippen LogP contribution is -2.26. The predicted molar refractivity (Wildman–Crippen MR) is 222 cm³/mol. The fraction of sp³-hybridized carbons (Fsp3) is 0.0588. The third-order valence-corrected chi connectivity index (χ3v) is 12.3. The first-order valence-corrected chi connectivity index (χ1v) is 18.6. The van der Waals surface area contributed by atoms with Gasteiger partial charge in [0, 0.05) is 38.5 Å². The van der Waals surface area contributed by atoms with Crippen LogP contribution in [0.15, 0.2) is 170 Å². The molecule has 8 aromatic carbocycles. The standard InChI is InChI=1S/C51H34N2/c1-31-26-28-33(29-27-31)52(44-24-11-3-14-32(44)2)46-30-43-47(50-48(46)39-20-13-19-37-36-17-7-12-25-45(36)53(50)49(37)39)38-18-6-10-23-42(38)51(43)40-21-8-4-15-34(40)35-16-5-9-22-41(35)51/h3-30H,1-2H3. The SMILES string of the molecule is Cc1ccc(N(c2ccccc2C)c2cc3c(c4c2c2cccc5c6ccccc6n4c52)-c2ccccc2C32c3ccccc3-c3ccccc32)cc1. The van der Waals surface area contributed by atoms with Gasteiger partial charge in [-0.25, -0.2) is 0 Å². The summed E-state index contributed by atoms with van der Waals surface area (Å²) in [5, 5.41) is 5.15. The highest BCUT2D eigenvalue weighted by atomic mass is 15.1. The molecule has 12 rings (SSSR count). The van der Waals surface area contributed by atoms with E-state index < -0.39 is 5.41 Å². The van der Waals surface area contributed by atoms with Crippen LogP contribution in [0.2, 0.25) is 0 Å². The summed E-state index contributed by atoms with van der Waals surface area (Å²) in [7, 11) is 0. The number of benzene rings is 8. The number of rotatable bonds is 3. The number of fused-ring (bicyclic) bond motifs is 17. The van der Waals surface area contributed by atoms with Crippen molar-refractivity contribution in [3.8, 4) is 22.3 Å². The average molecular weight is 675 g/mol. The van der Waals surface area contributed by atoms with Crippen molar-refractivity contribution in [2.45, 2.75) is 19.3 Å². The van der Waals surface area contributed by atoms with Crippen molar-refractivity contribution < 1.29 is 0 Å². The molecule has 10 aromatic rings. The molecule has 0 atom stereocenters. The molecule has 0 aliphatic heterocycles. The van der Waals surface area contributed by atoms with Crippen LogP contribution >= 0.6 is 0 Å². The van der Waals surface area contributed by atoms with E-state index in [0.29, 0.717) is 0 Å². The highest BCUT2D eigenvalue weighted by molar-refractivity contribution is 6.29. The molecule has 2 heteroatoms. The van der Waals surface area contributed by atoms with Crippen molar-refractivity contribution >= 4 is 55.2 Å². The van der Waals surface area contributed by atoms with E-state index in [4.69, 9.17) is 0 Å². The van der Waals surface area contributed by atoms with Gasteiger partial charge in [0.05, 0.1) is 27.7 Å². The molecule has 2 aliphatic carbocycles. The molecule has 53 heavy (non-hydrogen) atoms. The van der Waals surface area contributed by atoms with E-state index in [1.165, 1.54) is 105 Å². The smallest absolute Gasteiger partial charge is 0.0727 e. The molecule has 0 amide bonds. The van der Waals surface area contributed by atoms with E-state index in [0.717, 1.165) is 5.69 Å². The Morgan fingerprint density at radius 1 is 0.453 bits per heavy atom. The van der Waals surface area contributed by atoms with Gasteiger partial charge >= 0.3 is 0 Å². The van der Waals surface area contributed by atoms with Gasteiger partial charge in [0.1, 0.15) is 0 Å². The Labute approximate surface area is 308 Å². The van der Waals surface area contributed by atoms with E-state index in [2.05, 4.69) is 193 Å². The van der Waals surface area contributed by atoms with Crippen LogP contribution in [0.25, 0.3) is 60.3 Å². The third-order valence-electron chi connectivity index (χ3n) is 12.3. The quantitative estimate of drug-likeness (QED) is 0.181. The zero-order valence-corrected chi connectivity index (χ0v) is 29.6. The van der Waals surface area contributed by atoms with Crippen LogP contribution in [0, 0.1) is 13.8 Å². The first-order chi connectivity index (χ1) is 26.2. The topological polar surface area (TPSA) is 7.65 Å². The third kappa shape index (κ3) is 3.49. The Morgan fingerprint density at radius 3 is 1.77 bits per heavy atom. The van der Waals surface area contributed by atoms with Crippen molar-refractivity contribution in [1.29, 1.82) is 0 Å². The summed E-state index contributed by atoms with van der Waals surface area (Å²) in [6.07, 6.45) is 0. The van der Waals surface area contributed by atoms with Crippen LogP contribution in [-0.2, 0) is 5.41 Å². The summed E-state index contributed by atoms with van der Waals surface area (Å²) in [6, 6.07) is 63.8. The van der Waals surface area contributed by atoms with Crippen LogP contribution in [0.4, 0.5) is 17.1 Å². The van der Waals surface area contributed by atoms with Gasteiger partial charge in [-0.2, -0.15) is 0 Å². The lowest BCUT2D eigenvalue weighted by molar-refractivity contribution is 0.794. The Hall–Kier alpha value is -6.64. The Kier molecular flexibility index (Phi) is 5.60. The lowest BCUT2D eigenvalue weighted by atomic mass is 9.70. The Morgan fingerprint density at radius 2 is 1.04 bits per heavy atom. The minimum atomic E-state index is -0.482. The molecule has 2 heterocycles. The molecular weight excluding hydrogens is 641 g/mol. The highest BCUT2D eigenvalue weighted by Crippen LogP contribution is 2.65. The number of para-hydroxylation sites is 3. The van der Waals surface area contributed by atoms with Gasteiger partial charge in [-0.1, -0.05) is 145 Å². The fourth-order valence-corrected chi connectivity index (χ4v) is 10.2. The first kappa shape index (κ1) is 29.0. The fourth-order valence-electron chi connectivity index (χ4n) is 10.2. The van der Waals surface area contributed by atoms with Crippen molar-refractivity contribution in [2.75, 3.05) is 4.90 Å². The van der Waals surface area contributed by atoms with E-state index in [1.54, 1.807) is 0 Å². The van der Waals surface area contributed by atoms with Crippen molar-refractivity contribution in [2.24, 2.45) is 0 Å². The minimum Gasteiger partial charge on any atom is -0.310 e. The number of hydrogen-bond acceptors (Lipinski definition) is 1. The second-order valence-electron chi connectivity index (χ2n) is 14.9. The van der Waals surface area contributed by atoms with Crippen LogP contribution in [0.1, 0.15) is 33.4 Å². The zero-order valence-electron chi connectivity index (χ0n) is 29.6. The molecule has 0 N–H and O–H groups in total. The van der Waals surface area contributed by atoms with Crippen molar-refractivity contribution in [3.05, 3.63) is 203 Å². The van der Waals surface area contributed by atoms with Gasteiger partial charge in [0.15, 0.2) is 0 Å². The van der Waals surface area contributed by atoms with E-state index in [1.807, 2.05) is 0 Å². The average Bonchev–Trinajstić information content (AvgIpc) is 3.91. The summed E-state index contributed by atoms with van der Waals surface area (Å²) in [4.78, 5) is 2.53. The monoisotopic (exact) mass is 674 g/mol. The van der Waals surface area contributed by atoms with Crippen molar-refractivity contribution in [1.82, 2.24) is 4.40 Å². The van der Waals surface area contributed by atoms with E-state index >= 15 is 0 Å². The van der Waals surface area contributed by atoms with Crippen LogP contribution in [0.3, 0.4) is 0 Å². The van der Waals surface area contributed by atoms with Gasteiger partial charge in [0.2, 0.25) is 0 Å². The van der Waals surface area contributed by atoms with E-state index in [9.17, 15) is 0 Å².